The van der Waals surface area contributed by atoms with Crippen LogP contribution in [0.3, 0.4) is 0 Å². The molecule has 0 unspecified atom stereocenters. The molecule has 1 aromatic heterocycles. The number of hydrogen-bond donors (Lipinski definition) is 1. The molecular formula is C22H24N4O. The lowest BCUT2D eigenvalue weighted by molar-refractivity contribution is 0.333. The van der Waals surface area contributed by atoms with E-state index in [0.29, 0.717) is 13.2 Å². The maximum absolute atomic E-state index is 5.73. The van der Waals surface area contributed by atoms with E-state index in [0.717, 1.165) is 42.7 Å². The summed E-state index contributed by atoms with van der Waals surface area (Å²) < 4.78 is 5.73. The summed E-state index contributed by atoms with van der Waals surface area (Å²) in [6.07, 6.45) is 1.03. The van der Waals surface area contributed by atoms with Crippen molar-refractivity contribution in [1.82, 2.24) is 9.97 Å². The lowest BCUT2D eigenvalue weighted by Gasteiger charge is -2.29. The molecule has 27 heavy (non-hydrogen) atoms. The summed E-state index contributed by atoms with van der Waals surface area (Å²) in [5, 5.41) is 3.35. The van der Waals surface area contributed by atoms with Crippen LogP contribution in [0.5, 0.6) is 5.75 Å². The van der Waals surface area contributed by atoms with Gasteiger partial charge >= 0.3 is 0 Å². The highest BCUT2D eigenvalue weighted by molar-refractivity contribution is 5.46. The number of rotatable bonds is 6. The highest BCUT2D eigenvalue weighted by Gasteiger charge is 2.18. The molecule has 2 aromatic carbocycles. The number of nitrogens with zero attached hydrogens (tertiary/aromatic N) is 3. The Kier molecular flexibility index (Phi) is 5.19. The lowest BCUT2D eigenvalue weighted by Crippen LogP contribution is -2.32. The molecule has 2 heterocycles. The van der Waals surface area contributed by atoms with Gasteiger partial charge in [-0.25, -0.2) is 4.98 Å². The number of nitrogens with one attached hydrogen (secondary N) is 1. The zero-order chi connectivity index (χ0) is 18.5. The Morgan fingerprint density at radius 1 is 1.00 bits per heavy atom. The number of aryl methyl sites for hydroxylation is 1. The molecule has 5 heteroatoms. The smallest absolute Gasteiger partial charge is 0.227 e. The molecule has 0 radical (unpaired) electrons. The van der Waals surface area contributed by atoms with Crippen molar-refractivity contribution in [2.75, 3.05) is 29.9 Å². The molecule has 4 rings (SSSR count). The van der Waals surface area contributed by atoms with Gasteiger partial charge in [-0.15, -0.1) is 0 Å². The van der Waals surface area contributed by atoms with Gasteiger partial charge < -0.3 is 15.0 Å². The first kappa shape index (κ1) is 17.3. The molecule has 5 nitrogen and oxygen atoms in total. The van der Waals surface area contributed by atoms with Crippen LogP contribution in [-0.2, 0) is 13.0 Å². The van der Waals surface area contributed by atoms with E-state index in [1.165, 1.54) is 11.1 Å². The fourth-order valence-electron chi connectivity index (χ4n) is 3.32. The number of para-hydroxylation sites is 1. The van der Waals surface area contributed by atoms with E-state index in [1.807, 2.05) is 43.3 Å². The summed E-state index contributed by atoms with van der Waals surface area (Å²) in [5.74, 6) is 2.51. The number of hydrogen-bond acceptors (Lipinski definition) is 5. The van der Waals surface area contributed by atoms with Crippen molar-refractivity contribution in [3.8, 4) is 5.75 Å². The average Bonchev–Trinajstić information content (AvgIpc) is 2.71. The minimum absolute atomic E-state index is 0.583. The van der Waals surface area contributed by atoms with Crippen molar-refractivity contribution in [2.45, 2.75) is 19.9 Å². The third-order valence-electron chi connectivity index (χ3n) is 4.68. The highest BCUT2D eigenvalue weighted by atomic mass is 16.5. The normalized spacial score (nSPS) is 13.1. The standard InChI is InChI=1S/C22H24N4O/c1-17-15-21(23-12-14-27-20-9-3-2-4-10-20)25-22(24-17)26-13-11-18-7-5-6-8-19(18)16-26/h2-10,15H,11-14,16H2,1H3,(H,23,24,25). The van der Waals surface area contributed by atoms with Crippen molar-refractivity contribution in [1.29, 1.82) is 0 Å². The van der Waals surface area contributed by atoms with E-state index < -0.39 is 0 Å². The first-order chi connectivity index (χ1) is 13.3. The average molecular weight is 360 g/mol. The molecule has 0 aliphatic carbocycles. The number of ether oxygens (including phenoxy) is 1. The van der Waals surface area contributed by atoms with Gasteiger partial charge in [0.2, 0.25) is 5.95 Å². The minimum Gasteiger partial charge on any atom is -0.492 e. The molecular weight excluding hydrogens is 336 g/mol. The van der Waals surface area contributed by atoms with Gasteiger partial charge in [-0.1, -0.05) is 42.5 Å². The van der Waals surface area contributed by atoms with Gasteiger partial charge in [0, 0.05) is 24.8 Å². The van der Waals surface area contributed by atoms with Crippen LogP contribution in [0, 0.1) is 6.92 Å². The summed E-state index contributed by atoms with van der Waals surface area (Å²) in [7, 11) is 0. The Hall–Kier alpha value is -3.08. The third kappa shape index (κ3) is 4.37. The predicted octanol–water partition coefficient (Wildman–Crippen LogP) is 3.84. The van der Waals surface area contributed by atoms with E-state index >= 15 is 0 Å². The summed E-state index contributed by atoms with van der Waals surface area (Å²) in [4.78, 5) is 11.6. The Morgan fingerprint density at radius 2 is 1.78 bits per heavy atom. The number of aromatic nitrogens is 2. The predicted molar refractivity (Wildman–Crippen MR) is 108 cm³/mol. The van der Waals surface area contributed by atoms with Gasteiger partial charge in [-0.3, -0.25) is 0 Å². The number of anilines is 2. The van der Waals surface area contributed by atoms with Crippen LogP contribution < -0.4 is 15.0 Å². The summed E-state index contributed by atoms with van der Waals surface area (Å²) >= 11 is 0. The van der Waals surface area contributed by atoms with Crippen molar-refractivity contribution in [3.05, 3.63) is 77.5 Å². The molecule has 0 amide bonds. The molecule has 1 aliphatic rings. The third-order valence-corrected chi connectivity index (χ3v) is 4.68. The van der Waals surface area contributed by atoms with Gasteiger partial charge in [0.05, 0.1) is 6.54 Å². The Balaban J connectivity index is 1.38. The molecule has 0 fully saturated rings. The van der Waals surface area contributed by atoms with Gasteiger partial charge in [-0.05, 0) is 36.6 Å². The maximum atomic E-state index is 5.73. The van der Waals surface area contributed by atoms with Crippen LogP contribution in [0.2, 0.25) is 0 Å². The Bertz CT molecular complexity index is 898. The molecule has 0 bridgehead atoms. The van der Waals surface area contributed by atoms with E-state index in [1.54, 1.807) is 0 Å². The summed E-state index contributed by atoms with van der Waals surface area (Å²) in [6, 6.07) is 20.4. The van der Waals surface area contributed by atoms with Gasteiger partial charge in [0.1, 0.15) is 18.2 Å². The Labute approximate surface area is 160 Å². The molecule has 0 atom stereocenters. The molecule has 0 saturated carbocycles. The molecule has 138 valence electrons. The topological polar surface area (TPSA) is 50.3 Å². The van der Waals surface area contributed by atoms with Crippen LogP contribution >= 0.6 is 0 Å². The second-order valence-electron chi connectivity index (χ2n) is 6.72. The zero-order valence-corrected chi connectivity index (χ0v) is 15.6. The van der Waals surface area contributed by atoms with Gasteiger partial charge in [0.25, 0.3) is 0 Å². The molecule has 0 saturated heterocycles. The molecule has 3 aromatic rings. The fraction of sp³-hybridized carbons (Fsp3) is 0.273. The number of fused-ring (bicyclic) bond motifs is 1. The van der Waals surface area contributed by atoms with Crippen molar-refractivity contribution in [3.63, 3.8) is 0 Å². The van der Waals surface area contributed by atoms with Crippen molar-refractivity contribution < 1.29 is 4.74 Å². The van der Waals surface area contributed by atoms with Crippen LogP contribution in [0.4, 0.5) is 11.8 Å². The zero-order valence-electron chi connectivity index (χ0n) is 15.6. The monoisotopic (exact) mass is 360 g/mol. The molecule has 1 aliphatic heterocycles. The fourth-order valence-corrected chi connectivity index (χ4v) is 3.32. The second kappa shape index (κ2) is 8.08. The Morgan fingerprint density at radius 3 is 2.63 bits per heavy atom. The summed E-state index contributed by atoms with van der Waals surface area (Å²) in [6.45, 7) is 5.08. The van der Waals surface area contributed by atoms with Gasteiger partial charge in [-0.2, -0.15) is 4.98 Å². The van der Waals surface area contributed by atoms with Gasteiger partial charge in [0.15, 0.2) is 0 Å². The highest BCUT2D eigenvalue weighted by Crippen LogP contribution is 2.23. The van der Waals surface area contributed by atoms with Crippen LogP contribution in [0.25, 0.3) is 0 Å². The first-order valence-corrected chi connectivity index (χ1v) is 9.37. The van der Waals surface area contributed by atoms with E-state index in [9.17, 15) is 0 Å². The lowest BCUT2D eigenvalue weighted by atomic mass is 10.0. The summed E-state index contributed by atoms with van der Waals surface area (Å²) in [5.41, 5.74) is 3.75. The largest absolute Gasteiger partial charge is 0.492 e. The molecule has 1 N–H and O–H groups in total. The first-order valence-electron chi connectivity index (χ1n) is 9.37. The van der Waals surface area contributed by atoms with Crippen LogP contribution in [0.15, 0.2) is 60.7 Å². The molecule has 0 spiro atoms. The van der Waals surface area contributed by atoms with Crippen LogP contribution in [-0.4, -0.2) is 29.7 Å². The second-order valence-corrected chi connectivity index (χ2v) is 6.72. The van der Waals surface area contributed by atoms with E-state index in [4.69, 9.17) is 9.72 Å². The minimum atomic E-state index is 0.583. The van der Waals surface area contributed by atoms with E-state index in [-0.39, 0.29) is 0 Å². The SMILES string of the molecule is Cc1cc(NCCOc2ccccc2)nc(N2CCc3ccccc3C2)n1. The number of benzene rings is 2. The quantitative estimate of drug-likeness (QED) is 0.677. The van der Waals surface area contributed by atoms with E-state index in [2.05, 4.69) is 39.5 Å². The van der Waals surface area contributed by atoms with Crippen molar-refractivity contribution in [2.24, 2.45) is 0 Å². The van der Waals surface area contributed by atoms with Crippen molar-refractivity contribution >= 4 is 11.8 Å². The van der Waals surface area contributed by atoms with Crippen LogP contribution in [0.1, 0.15) is 16.8 Å². The maximum Gasteiger partial charge on any atom is 0.227 e.